The molecule has 22 heavy (non-hydrogen) atoms. The highest BCUT2D eigenvalue weighted by atomic mass is 35.5. The van der Waals surface area contributed by atoms with E-state index in [2.05, 4.69) is 10.2 Å². The highest BCUT2D eigenvalue weighted by Gasteiger charge is 2.20. The summed E-state index contributed by atoms with van der Waals surface area (Å²) in [6.07, 6.45) is 2.13. The highest BCUT2D eigenvalue weighted by molar-refractivity contribution is 6.30. The maximum atomic E-state index is 12.0. The second kappa shape index (κ2) is 6.07. The van der Waals surface area contributed by atoms with Crippen molar-refractivity contribution in [3.63, 3.8) is 0 Å². The van der Waals surface area contributed by atoms with Crippen molar-refractivity contribution < 1.29 is 13.9 Å². The first kappa shape index (κ1) is 14.4. The van der Waals surface area contributed by atoms with Crippen LogP contribution in [0.2, 0.25) is 5.02 Å². The van der Waals surface area contributed by atoms with E-state index in [1.165, 1.54) is 12.3 Å². The van der Waals surface area contributed by atoms with Gasteiger partial charge in [0.1, 0.15) is 0 Å². The van der Waals surface area contributed by atoms with Crippen LogP contribution < -0.4 is 4.74 Å². The van der Waals surface area contributed by atoms with Crippen LogP contribution in [-0.4, -0.2) is 16.2 Å². The number of nitrogens with one attached hydrogen (secondary N) is 1. The lowest BCUT2D eigenvalue weighted by Gasteiger charge is -2.05. The SMILES string of the molecule is CCc1[nH]nc(OC(=O)c2ccco2)c1-c1cccc(Cl)c1. The zero-order valence-corrected chi connectivity index (χ0v) is 12.6. The zero-order chi connectivity index (χ0) is 15.5. The first-order valence-corrected chi connectivity index (χ1v) is 7.15. The number of aryl methyl sites for hydroxylation is 1. The predicted octanol–water partition coefficient (Wildman–Crippen LogP) is 4.10. The Kier molecular flexibility index (Phi) is 3.98. The molecule has 0 atom stereocenters. The number of carbonyl (C=O) groups excluding carboxylic acids is 1. The lowest BCUT2D eigenvalue weighted by molar-refractivity contribution is 0.0695. The van der Waals surface area contributed by atoms with Gasteiger partial charge >= 0.3 is 5.97 Å². The largest absolute Gasteiger partial charge is 0.457 e. The number of H-pyrrole nitrogens is 1. The summed E-state index contributed by atoms with van der Waals surface area (Å²) < 4.78 is 10.4. The number of rotatable bonds is 4. The van der Waals surface area contributed by atoms with E-state index in [9.17, 15) is 4.79 Å². The summed E-state index contributed by atoms with van der Waals surface area (Å²) in [5.41, 5.74) is 2.43. The molecule has 3 aromatic rings. The summed E-state index contributed by atoms with van der Waals surface area (Å²) >= 11 is 6.04. The molecular formula is C16H13ClN2O3. The van der Waals surface area contributed by atoms with Crippen LogP contribution in [0.4, 0.5) is 0 Å². The topological polar surface area (TPSA) is 68.1 Å². The Labute approximate surface area is 131 Å². The third kappa shape index (κ3) is 2.76. The second-order valence-corrected chi connectivity index (χ2v) is 5.05. The maximum Gasteiger partial charge on any atom is 0.381 e. The molecule has 2 aromatic heterocycles. The van der Waals surface area contributed by atoms with Crippen molar-refractivity contribution in [1.29, 1.82) is 0 Å². The molecule has 0 aliphatic rings. The first-order valence-electron chi connectivity index (χ1n) is 6.78. The van der Waals surface area contributed by atoms with E-state index >= 15 is 0 Å². The minimum atomic E-state index is -0.595. The molecule has 3 rings (SSSR count). The van der Waals surface area contributed by atoms with Gasteiger partial charge in [-0.2, -0.15) is 0 Å². The Morgan fingerprint density at radius 3 is 2.91 bits per heavy atom. The zero-order valence-electron chi connectivity index (χ0n) is 11.8. The van der Waals surface area contributed by atoms with Gasteiger partial charge in [0.25, 0.3) is 0 Å². The monoisotopic (exact) mass is 316 g/mol. The third-order valence-corrected chi connectivity index (χ3v) is 3.42. The molecule has 0 saturated carbocycles. The van der Waals surface area contributed by atoms with Crippen molar-refractivity contribution in [2.45, 2.75) is 13.3 Å². The van der Waals surface area contributed by atoms with E-state index in [0.29, 0.717) is 11.4 Å². The standard InChI is InChI=1S/C16H13ClN2O3/c1-2-12-14(10-5-3-6-11(17)9-10)15(19-18-12)22-16(20)13-7-4-8-21-13/h3-9H,2H2,1H3,(H,18,19). The summed E-state index contributed by atoms with van der Waals surface area (Å²) in [5.74, 6) is -0.263. The van der Waals surface area contributed by atoms with Crippen LogP contribution in [-0.2, 0) is 6.42 Å². The fourth-order valence-corrected chi connectivity index (χ4v) is 2.35. The Bertz CT molecular complexity index is 794. The van der Waals surface area contributed by atoms with E-state index in [0.717, 1.165) is 16.8 Å². The third-order valence-electron chi connectivity index (χ3n) is 3.19. The Hall–Kier alpha value is -2.53. The molecule has 0 saturated heterocycles. The summed E-state index contributed by atoms with van der Waals surface area (Å²) in [6.45, 7) is 1.99. The minimum Gasteiger partial charge on any atom is -0.457 e. The number of ether oxygens (including phenoxy) is 1. The van der Waals surface area contributed by atoms with Gasteiger partial charge in [-0.3, -0.25) is 5.10 Å². The Morgan fingerprint density at radius 2 is 2.23 bits per heavy atom. The maximum absolute atomic E-state index is 12.0. The van der Waals surface area contributed by atoms with Crippen molar-refractivity contribution in [3.05, 3.63) is 59.1 Å². The number of hydrogen-bond donors (Lipinski definition) is 1. The summed E-state index contributed by atoms with van der Waals surface area (Å²) in [6, 6.07) is 10.5. The average molecular weight is 317 g/mol. The van der Waals surface area contributed by atoms with Crippen LogP contribution in [0.3, 0.4) is 0 Å². The van der Waals surface area contributed by atoms with Crippen LogP contribution in [0.5, 0.6) is 5.88 Å². The number of aromatic amines is 1. The molecular weight excluding hydrogens is 304 g/mol. The lowest BCUT2D eigenvalue weighted by atomic mass is 10.0. The number of carbonyl (C=O) groups is 1. The number of aromatic nitrogens is 2. The smallest absolute Gasteiger partial charge is 0.381 e. The van der Waals surface area contributed by atoms with Crippen LogP contribution in [0.25, 0.3) is 11.1 Å². The van der Waals surface area contributed by atoms with E-state index < -0.39 is 5.97 Å². The highest BCUT2D eigenvalue weighted by Crippen LogP contribution is 2.33. The molecule has 0 unspecified atom stereocenters. The molecule has 6 heteroatoms. The van der Waals surface area contributed by atoms with Gasteiger partial charge < -0.3 is 9.15 Å². The van der Waals surface area contributed by atoms with Crippen molar-refractivity contribution in [2.75, 3.05) is 0 Å². The molecule has 0 radical (unpaired) electrons. The molecule has 1 aromatic carbocycles. The second-order valence-electron chi connectivity index (χ2n) is 4.61. The quantitative estimate of drug-likeness (QED) is 0.736. The minimum absolute atomic E-state index is 0.123. The molecule has 0 fully saturated rings. The summed E-state index contributed by atoms with van der Waals surface area (Å²) in [7, 11) is 0. The van der Waals surface area contributed by atoms with E-state index in [-0.39, 0.29) is 11.6 Å². The Balaban J connectivity index is 1.99. The number of halogens is 1. The van der Waals surface area contributed by atoms with Crippen LogP contribution in [0.15, 0.2) is 47.1 Å². The predicted molar refractivity (Wildman–Crippen MR) is 82.1 cm³/mol. The van der Waals surface area contributed by atoms with Gasteiger partial charge in [-0.1, -0.05) is 30.7 Å². The van der Waals surface area contributed by atoms with Gasteiger partial charge in [-0.15, -0.1) is 5.10 Å². The summed E-state index contributed by atoms with van der Waals surface area (Å²) in [4.78, 5) is 12.0. The number of hydrogen-bond acceptors (Lipinski definition) is 4. The van der Waals surface area contributed by atoms with E-state index in [1.807, 2.05) is 19.1 Å². The number of esters is 1. The summed E-state index contributed by atoms with van der Waals surface area (Å²) in [5, 5.41) is 7.58. The van der Waals surface area contributed by atoms with Crippen LogP contribution in [0.1, 0.15) is 23.2 Å². The van der Waals surface area contributed by atoms with Crippen LogP contribution >= 0.6 is 11.6 Å². The van der Waals surface area contributed by atoms with Gasteiger partial charge in [0, 0.05) is 10.7 Å². The van der Waals surface area contributed by atoms with Crippen LogP contribution in [0, 0.1) is 0 Å². The van der Waals surface area contributed by atoms with E-state index in [4.69, 9.17) is 20.8 Å². The normalized spacial score (nSPS) is 10.6. The van der Waals surface area contributed by atoms with Crippen molar-refractivity contribution in [1.82, 2.24) is 10.2 Å². The molecule has 0 aliphatic heterocycles. The fraction of sp³-hybridized carbons (Fsp3) is 0.125. The molecule has 0 bridgehead atoms. The first-order chi connectivity index (χ1) is 10.7. The van der Waals surface area contributed by atoms with Crippen molar-refractivity contribution >= 4 is 17.6 Å². The Morgan fingerprint density at radius 1 is 1.36 bits per heavy atom. The number of furan rings is 1. The van der Waals surface area contributed by atoms with Gasteiger partial charge in [-0.05, 0) is 36.2 Å². The van der Waals surface area contributed by atoms with Gasteiger partial charge in [0.05, 0.1) is 11.8 Å². The molecule has 0 aliphatic carbocycles. The fourth-order valence-electron chi connectivity index (χ4n) is 2.16. The van der Waals surface area contributed by atoms with Crippen molar-refractivity contribution in [3.8, 4) is 17.0 Å². The lowest BCUT2D eigenvalue weighted by Crippen LogP contribution is -2.08. The van der Waals surface area contributed by atoms with E-state index in [1.54, 1.807) is 18.2 Å². The molecule has 0 amide bonds. The molecule has 1 N–H and O–H groups in total. The molecule has 5 nitrogen and oxygen atoms in total. The number of nitrogens with zero attached hydrogens (tertiary/aromatic N) is 1. The van der Waals surface area contributed by atoms with Gasteiger partial charge in [0.15, 0.2) is 0 Å². The van der Waals surface area contributed by atoms with Gasteiger partial charge in [-0.25, -0.2) is 4.79 Å². The molecule has 112 valence electrons. The number of benzene rings is 1. The molecule has 2 heterocycles. The average Bonchev–Trinajstić information content (AvgIpc) is 3.16. The molecule has 0 spiro atoms. The van der Waals surface area contributed by atoms with Crippen molar-refractivity contribution in [2.24, 2.45) is 0 Å². The van der Waals surface area contributed by atoms with Gasteiger partial charge in [0.2, 0.25) is 11.6 Å².